The zero-order valence-electron chi connectivity index (χ0n) is 4.37. The lowest BCUT2D eigenvalue weighted by atomic mass is 11.0. The van der Waals surface area contributed by atoms with Gasteiger partial charge in [0.1, 0.15) is 0 Å². The van der Waals surface area contributed by atoms with Crippen LogP contribution in [0.1, 0.15) is 0 Å². The van der Waals surface area contributed by atoms with E-state index in [1.54, 1.807) is 23.3 Å². The van der Waals surface area contributed by atoms with Crippen molar-refractivity contribution in [2.45, 2.75) is 0 Å². The van der Waals surface area contributed by atoms with Crippen LogP contribution in [0.15, 0.2) is 17.1 Å². The maximum Gasteiger partial charge on any atom is 0.238 e. The monoisotopic (exact) mass is 259 g/mol. The third-order valence-corrected chi connectivity index (χ3v) is 2.07. The van der Waals surface area contributed by atoms with Crippen LogP contribution >= 0.6 is 23.3 Å². The summed E-state index contributed by atoms with van der Waals surface area (Å²) in [5.41, 5.74) is 2.06. The van der Waals surface area contributed by atoms with E-state index in [1.165, 1.54) is 0 Å². The van der Waals surface area contributed by atoms with E-state index in [9.17, 15) is 0 Å². The molecule has 0 spiro atoms. The molecule has 0 amide bonds. The van der Waals surface area contributed by atoms with Gasteiger partial charge in [0.15, 0.2) is 18.1 Å². The number of hydrogen-bond acceptors (Lipinski definition) is 2. The molecule has 0 atom stereocenters. The van der Waals surface area contributed by atoms with Crippen molar-refractivity contribution in [2.24, 2.45) is 0 Å². The van der Waals surface area contributed by atoms with E-state index in [0.717, 1.165) is 0 Å². The van der Waals surface area contributed by atoms with Crippen LogP contribution in [0.2, 0.25) is 0 Å². The molecule has 4 heteroatoms. The number of hydrogen-bond donors (Lipinski definition) is 0. The largest absolute Gasteiger partial charge is 1.00 e. The van der Waals surface area contributed by atoms with Crippen molar-refractivity contribution in [1.29, 1.82) is 0 Å². The van der Waals surface area contributed by atoms with Crippen LogP contribution in [0.4, 0.5) is 0 Å². The molecular formula is C4H6INS2. The van der Waals surface area contributed by atoms with E-state index in [1.807, 2.05) is 12.5 Å². The van der Waals surface area contributed by atoms with Crippen LogP contribution in [-0.4, -0.2) is 6.26 Å². The van der Waals surface area contributed by atoms with Crippen LogP contribution < -0.4 is 27.9 Å². The first-order chi connectivity index (χ1) is 3.43. The summed E-state index contributed by atoms with van der Waals surface area (Å²) in [5.74, 6) is 0. The van der Waals surface area contributed by atoms with Gasteiger partial charge in [0.25, 0.3) is 0 Å². The first-order valence-electron chi connectivity index (χ1n) is 1.91. The Morgan fingerprint density at radius 1 is 1.62 bits per heavy atom. The molecule has 1 rings (SSSR count). The predicted octanol–water partition coefficient (Wildman–Crippen LogP) is -1.83. The van der Waals surface area contributed by atoms with Crippen molar-refractivity contribution >= 4 is 23.3 Å². The second kappa shape index (κ2) is 4.58. The highest BCUT2D eigenvalue weighted by Gasteiger charge is 1.92. The number of halogens is 1. The number of aromatic nitrogens is 1. The molecule has 0 aliphatic carbocycles. The van der Waals surface area contributed by atoms with Gasteiger partial charge < -0.3 is 24.0 Å². The van der Waals surface area contributed by atoms with Gasteiger partial charge in [-0.25, -0.2) is 0 Å². The summed E-state index contributed by atoms with van der Waals surface area (Å²) in [7, 11) is 0. The van der Waals surface area contributed by atoms with E-state index in [0.29, 0.717) is 0 Å². The molecule has 1 aromatic rings. The summed E-state index contributed by atoms with van der Waals surface area (Å²) in [5, 5.41) is 2.05. The highest BCUT2D eigenvalue weighted by atomic mass is 127. The van der Waals surface area contributed by atoms with Gasteiger partial charge in [-0.15, -0.1) is 3.97 Å². The summed E-state index contributed by atoms with van der Waals surface area (Å²) in [6, 6.07) is 0. The van der Waals surface area contributed by atoms with Gasteiger partial charge in [-0.1, -0.05) is 11.3 Å². The van der Waals surface area contributed by atoms with Crippen molar-refractivity contribution in [2.75, 3.05) is 6.26 Å². The number of rotatable bonds is 1. The Labute approximate surface area is 74.3 Å². The first kappa shape index (κ1) is 8.71. The third-order valence-electron chi connectivity index (χ3n) is 0.662. The van der Waals surface area contributed by atoms with Crippen molar-refractivity contribution in [3.05, 3.63) is 17.1 Å². The molecule has 0 aliphatic heterocycles. The molecule has 0 radical (unpaired) electrons. The van der Waals surface area contributed by atoms with Crippen molar-refractivity contribution in [3.8, 4) is 0 Å². The smallest absolute Gasteiger partial charge is 0.238 e. The second-order valence-corrected chi connectivity index (χ2v) is 2.61. The van der Waals surface area contributed by atoms with Crippen LogP contribution in [0, 0.1) is 0 Å². The van der Waals surface area contributed by atoms with Crippen molar-refractivity contribution < 1.29 is 27.9 Å². The van der Waals surface area contributed by atoms with E-state index in [2.05, 4.69) is 14.9 Å². The fourth-order valence-electron chi connectivity index (χ4n) is 0.329. The second-order valence-electron chi connectivity index (χ2n) is 1.07. The summed E-state index contributed by atoms with van der Waals surface area (Å²) in [4.78, 5) is 0. The van der Waals surface area contributed by atoms with Crippen LogP contribution in [0.25, 0.3) is 0 Å². The summed E-state index contributed by atoms with van der Waals surface area (Å²) < 4.78 is 2.06. The molecule has 8 heavy (non-hydrogen) atoms. The van der Waals surface area contributed by atoms with Gasteiger partial charge in [0.2, 0.25) is 5.51 Å². The lowest BCUT2D eigenvalue weighted by Crippen LogP contribution is -3.00. The van der Waals surface area contributed by atoms with Crippen LogP contribution in [0.5, 0.6) is 0 Å². The molecule has 1 heterocycles. The molecule has 46 valence electrons. The zero-order valence-corrected chi connectivity index (χ0v) is 8.16. The number of nitrogens with zero attached hydrogens (tertiary/aromatic N) is 1. The maximum absolute atomic E-state index is 2.06. The van der Waals surface area contributed by atoms with Gasteiger partial charge >= 0.3 is 0 Å². The predicted molar refractivity (Wildman–Crippen MR) is 33.4 cm³/mol. The molecule has 0 saturated heterocycles. The highest BCUT2D eigenvalue weighted by Crippen LogP contribution is 1.91. The molecule has 0 N–H and O–H groups in total. The molecular weight excluding hydrogens is 253 g/mol. The lowest BCUT2D eigenvalue weighted by molar-refractivity contribution is -0.487. The highest BCUT2D eigenvalue weighted by molar-refractivity contribution is 7.92. The Balaban J connectivity index is 0.000000490. The molecule has 0 fully saturated rings. The van der Waals surface area contributed by atoms with Crippen molar-refractivity contribution in [3.63, 3.8) is 0 Å². The normalized spacial score (nSPS) is 8.12. The Bertz CT molecular complexity index is 129. The average molecular weight is 259 g/mol. The summed E-state index contributed by atoms with van der Waals surface area (Å²) in [6.07, 6.45) is 4.09. The van der Waals surface area contributed by atoms with Gasteiger partial charge in [-0.2, -0.15) is 0 Å². The molecule has 0 saturated carbocycles. The fraction of sp³-hybridized carbons (Fsp3) is 0.250. The Morgan fingerprint density at radius 3 is 2.62 bits per heavy atom. The minimum atomic E-state index is 0. The molecule has 1 nitrogen and oxygen atoms in total. The van der Waals surface area contributed by atoms with Crippen LogP contribution in [0.3, 0.4) is 0 Å². The summed E-state index contributed by atoms with van der Waals surface area (Å²) >= 11 is 3.41. The van der Waals surface area contributed by atoms with Crippen molar-refractivity contribution in [1.82, 2.24) is 0 Å². The van der Waals surface area contributed by atoms with Gasteiger partial charge in [0, 0.05) is 6.26 Å². The molecule has 0 aromatic carbocycles. The lowest BCUT2D eigenvalue weighted by Gasteiger charge is -1.70. The average Bonchev–Trinajstić information content (AvgIpc) is 2.14. The van der Waals surface area contributed by atoms with Gasteiger partial charge in [-0.05, 0) is 0 Å². The third kappa shape index (κ3) is 2.32. The van der Waals surface area contributed by atoms with E-state index < -0.39 is 0 Å². The topological polar surface area (TPSA) is 3.88 Å². The zero-order chi connectivity index (χ0) is 5.11. The van der Waals surface area contributed by atoms with E-state index in [4.69, 9.17) is 0 Å². The minimum absolute atomic E-state index is 0. The maximum atomic E-state index is 2.06. The Hall–Kier alpha value is 0.710. The summed E-state index contributed by atoms with van der Waals surface area (Å²) in [6.45, 7) is 0. The Kier molecular flexibility index (Phi) is 4.98. The number of thiazole rings is 1. The fourth-order valence-corrected chi connectivity index (χ4v) is 1.54. The minimum Gasteiger partial charge on any atom is -1.00 e. The van der Waals surface area contributed by atoms with Crippen LogP contribution in [-0.2, 0) is 0 Å². The molecule has 0 aliphatic rings. The van der Waals surface area contributed by atoms with E-state index in [-0.39, 0.29) is 24.0 Å². The molecule has 0 unspecified atom stereocenters. The van der Waals surface area contributed by atoms with E-state index >= 15 is 0 Å². The quantitative estimate of drug-likeness (QED) is 0.424. The standard InChI is InChI=1S/C4H6NS2.HI/c1-6-5-2-3-7-4-5;/h2-4H,1H3;1H/q+1;/p-1. The molecule has 1 aromatic heterocycles. The first-order valence-corrected chi connectivity index (χ1v) is 4.04. The molecule has 0 bridgehead atoms. The SMILES string of the molecule is CS[n+]1ccsc1.[I-]. The van der Waals surface area contributed by atoms with Gasteiger partial charge in [-0.3, -0.25) is 0 Å². The Morgan fingerprint density at radius 2 is 2.38 bits per heavy atom. The van der Waals surface area contributed by atoms with Gasteiger partial charge in [0.05, 0.1) is 5.38 Å².